The van der Waals surface area contributed by atoms with Gasteiger partial charge in [-0.2, -0.15) is 0 Å². The van der Waals surface area contributed by atoms with Crippen molar-refractivity contribution in [2.24, 2.45) is 0 Å². The largest absolute Gasteiger partial charge is 0.479 e. The maximum Gasteiger partial charge on any atom is 0.261 e. The lowest BCUT2D eigenvalue weighted by Crippen LogP contribution is -2.43. The first kappa shape index (κ1) is 16.1. The summed E-state index contributed by atoms with van der Waals surface area (Å²) in [5.74, 6) is 0.426. The van der Waals surface area contributed by atoms with Gasteiger partial charge in [-0.3, -0.25) is 4.79 Å². The molecule has 0 spiro atoms. The van der Waals surface area contributed by atoms with Crippen molar-refractivity contribution in [3.8, 4) is 5.75 Å². The quantitative estimate of drug-likeness (QED) is 0.894. The molecule has 19 heavy (non-hydrogen) atoms. The van der Waals surface area contributed by atoms with Crippen molar-refractivity contribution < 1.29 is 9.53 Å². The van der Waals surface area contributed by atoms with Crippen molar-refractivity contribution in [2.75, 3.05) is 13.1 Å². The summed E-state index contributed by atoms with van der Waals surface area (Å²) in [7, 11) is 0. The number of benzene rings is 1. The monoisotopic (exact) mass is 304 g/mol. The predicted molar refractivity (Wildman–Crippen MR) is 78.2 cm³/mol. The van der Waals surface area contributed by atoms with Crippen molar-refractivity contribution in [1.82, 2.24) is 10.6 Å². The van der Waals surface area contributed by atoms with Gasteiger partial charge >= 0.3 is 0 Å². The molecule has 1 saturated heterocycles. The van der Waals surface area contributed by atoms with E-state index in [1.165, 1.54) is 0 Å². The summed E-state index contributed by atoms with van der Waals surface area (Å²) in [5, 5.41) is 6.66. The number of halogens is 2. The van der Waals surface area contributed by atoms with Gasteiger partial charge in [-0.25, -0.2) is 0 Å². The van der Waals surface area contributed by atoms with Crippen LogP contribution in [0.25, 0.3) is 0 Å². The molecular formula is C13H18Cl2N2O2. The van der Waals surface area contributed by atoms with Crippen molar-refractivity contribution in [1.29, 1.82) is 0 Å². The van der Waals surface area contributed by atoms with Crippen LogP contribution in [0.5, 0.6) is 5.75 Å². The number of rotatable bonds is 4. The third-order valence-electron chi connectivity index (χ3n) is 2.92. The summed E-state index contributed by atoms with van der Waals surface area (Å²) in [6.07, 6.45) is 0.412. The second-order valence-corrected chi connectivity index (χ2v) is 4.80. The van der Waals surface area contributed by atoms with Crippen molar-refractivity contribution in [3.63, 3.8) is 0 Å². The second-order valence-electron chi connectivity index (χ2n) is 4.39. The van der Waals surface area contributed by atoms with Crippen LogP contribution in [0.15, 0.2) is 24.3 Å². The number of ether oxygens (including phenoxy) is 1. The Morgan fingerprint density at radius 3 is 2.89 bits per heavy atom. The Morgan fingerprint density at radius 2 is 2.26 bits per heavy atom. The summed E-state index contributed by atoms with van der Waals surface area (Å²) in [4.78, 5) is 11.9. The van der Waals surface area contributed by atoms with Gasteiger partial charge in [0.05, 0.1) is 5.02 Å². The minimum atomic E-state index is -0.550. The Hall–Kier alpha value is -0.970. The van der Waals surface area contributed by atoms with Gasteiger partial charge in [0.15, 0.2) is 6.10 Å². The molecule has 1 heterocycles. The molecule has 1 aliphatic heterocycles. The molecule has 1 aromatic rings. The van der Waals surface area contributed by atoms with Crippen LogP contribution >= 0.6 is 24.0 Å². The van der Waals surface area contributed by atoms with Crippen molar-refractivity contribution in [3.05, 3.63) is 29.3 Å². The molecule has 0 bridgehead atoms. The molecule has 1 aliphatic rings. The number of amides is 1. The van der Waals surface area contributed by atoms with Crippen LogP contribution in [0.1, 0.15) is 13.3 Å². The van der Waals surface area contributed by atoms with E-state index in [-0.39, 0.29) is 24.4 Å². The Labute approximate surface area is 124 Å². The van der Waals surface area contributed by atoms with E-state index in [1.54, 1.807) is 19.1 Å². The van der Waals surface area contributed by atoms with E-state index in [4.69, 9.17) is 16.3 Å². The van der Waals surface area contributed by atoms with Gasteiger partial charge in [-0.15, -0.1) is 12.4 Å². The van der Waals surface area contributed by atoms with Crippen molar-refractivity contribution in [2.45, 2.75) is 25.5 Å². The van der Waals surface area contributed by atoms with E-state index >= 15 is 0 Å². The first-order valence-corrected chi connectivity index (χ1v) is 6.47. The fourth-order valence-electron chi connectivity index (χ4n) is 1.88. The zero-order valence-electron chi connectivity index (χ0n) is 10.7. The lowest BCUT2D eigenvalue weighted by atomic mass is 10.2. The van der Waals surface area contributed by atoms with Gasteiger partial charge in [0, 0.05) is 12.6 Å². The second kappa shape index (κ2) is 7.58. The Bertz CT molecular complexity index is 423. The van der Waals surface area contributed by atoms with Crippen molar-refractivity contribution >= 4 is 29.9 Å². The Balaban J connectivity index is 0.00000180. The summed E-state index contributed by atoms with van der Waals surface area (Å²) < 4.78 is 5.55. The van der Waals surface area contributed by atoms with Crippen LogP contribution in [0, 0.1) is 0 Å². The summed E-state index contributed by atoms with van der Waals surface area (Å²) in [6, 6.07) is 7.34. The molecule has 4 nitrogen and oxygen atoms in total. The summed E-state index contributed by atoms with van der Waals surface area (Å²) in [5.41, 5.74) is 0. The predicted octanol–water partition coefficient (Wildman–Crippen LogP) is 2.01. The first-order valence-electron chi connectivity index (χ1n) is 6.09. The van der Waals surface area contributed by atoms with E-state index in [2.05, 4.69) is 10.6 Å². The van der Waals surface area contributed by atoms with E-state index in [0.29, 0.717) is 10.8 Å². The van der Waals surface area contributed by atoms with Crippen LogP contribution < -0.4 is 15.4 Å². The van der Waals surface area contributed by atoms with E-state index in [0.717, 1.165) is 19.5 Å². The number of carbonyl (C=O) groups is 1. The minimum Gasteiger partial charge on any atom is -0.479 e. The van der Waals surface area contributed by atoms with Gasteiger partial charge in [-0.1, -0.05) is 23.7 Å². The molecule has 1 fully saturated rings. The molecule has 1 amide bonds. The normalized spacial score (nSPS) is 19.4. The van der Waals surface area contributed by atoms with Gasteiger partial charge in [-0.05, 0) is 32.0 Å². The third kappa shape index (κ3) is 4.56. The highest BCUT2D eigenvalue weighted by Crippen LogP contribution is 2.24. The third-order valence-corrected chi connectivity index (χ3v) is 3.23. The Kier molecular flexibility index (Phi) is 6.42. The highest BCUT2D eigenvalue weighted by atomic mass is 35.5. The maximum atomic E-state index is 11.9. The lowest BCUT2D eigenvalue weighted by Gasteiger charge is -2.18. The van der Waals surface area contributed by atoms with Crippen LogP contribution in [0.4, 0.5) is 0 Å². The lowest BCUT2D eigenvalue weighted by molar-refractivity contribution is -0.127. The van der Waals surface area contributed by atoms with Crippen LogP contribution in [0.2, 0.25) is 5.02 Å². The van der Waals surface area contributed by atoms with Crippen LogP contribution in [-0.4, -0.2) is 31.1 Å². The zero-order chi connectivity index (χ0) is 13.0. The summed E-state index contributed by atoms with van der Waals surface area (Å²) in [6.45, 7) is 3.50. The number of hydrogen-bond donors (Lipinski definition) is 2. The zero-order valence-corrected chi connectivity index (χ0v) is 12.3. The smallest absolute Gasteiger partial charge is 0.261 e. The van der Waals surface area contributed by atoms with E-state index < -0.39 is 6.10 Å². The molecule has 0 aliphatic carbocycles. The number of nitrogens with one attached hydrogen (secondary N) is 2. The molecule has 0 radical (unpaired) electrons. The molecule has 1 aromatic carbocycles. The standard InChI is InChI=1S/C13H17ClN2O2.ClH/c1-9(13(17)16-10-6-7-15-8-10)18-12-5-3-2-4-11(12)14;/h2-5,9-10,15H,6-8H2,1H3,(H,16,17);1H. The molecule has 2 N–H and O–H groups in total. The fraction of sp³-hybridized carbons (Fsp3) is 0.462. The SMILES string of the molecule is CC(Oc1ccccc1Cl)C(=O)NC1CCNC1.Cl. The number of para-hydroxylation sites is 1. The first-order chi connectivity index (χ1) is 8.66. The fourth-order valence-corrected chi connectivity index (χ4v) is 2.06. The molecule has 0 saturated carbocycles. The highest BCUT2D eigenvalue weighted by Gasteiger charge is 2.21. The topological polar surface area (TPSA) is 50.4 Å². The van der Waals surface area contributed by atoms with Crippen LogP contribution in [-0.2, 0) is 4.79 Å². The highest BCUT2D eigenvalue weighted by molar-refractivity contribution is 6.32. The van der Waals surface area contributed by atoms with Gasteiger partial charge < -0.3 is 15.4 Å². The molecule has 2 rings (SSSR count). The molecular weight excluding hydrogens is 287 g/mol. The molecule has 2 unspecified atom stereocenters. The van der Waals surface area contributed by atoms with Gasteiger partial charge in [0.1, 0.15) is 5.75 Å². The molecule has 106 valence electrons. The Morgan fingerprint density at radius 1 is 1.53 bits per heavy atom. The van der Waals surface area contributed by atoms with Crippen LogP contribution in [0.3, 0.4) is 0 Å². The number of hydrogen-bond acceptors (Lipinski definition) is 3. The van der Waals surface area contributed by atoms with Gasteiger partial charge in [0.25, 0.3) is 5.91 Å². The number of carbonyl (C=O) groups excluding carboxylic acids is 1. The maximum absolute atomic E-state index is 11.9. The van der Waals surface area contributed by atoms with Gasteiger partial charge in [0.2, 0.25) is 0 Å². The minimum absolute atomic E-state index is 0. The molecule has 2 atom stereocenters. The van der Waals surface area contributed by atoms with E-state index in [9.17, 15) is 4.79 Å². The summed E-state index contributed by atoms with van der Waals surface area (Å²) >= 11 is 5.98. The molecule has 0 aromatic heterocycles. The molecule has 6 heteroatoms. The average molecular weight is 305 g/mol. The van der Waals surface area contributed by atoms with E-state index in [1.807, 2.05) is 12.1 Å². The average Bonchev–Trinajstić information content (AvgIpc) is 2.84.